The third-order valence-corrected chi connectivity index (χ3v) is 3.81. The minimum Gasteiger partial charge on any atom is -0.495 e. The summed E-state index contributed by atoms with van der Waals surface area (Å²) in [6, 6.07) is 5.46. The molecule has 3 N–H and O–H groups in total. The van der Waals surface area contributed by atoms with Gasteiger partial charge in [0.25, 0.3) is 0 Å². The van der Waals surface area contributed by atoms with E-state index in [9.17, 15) is 4.79 Å². The summed E-state index contributed by atoms with van der Waals surface area (Å²) in [4.78, 5) is 14.2. The summed E-state index contributed by atoms with van der Waals surface area (Å²) in [6.45, 7) is 8.91. The van der Waals surface area contributed by atoms with Gasteiger partial charge in [-0.25, -0.2) is 0 Å². The van der Waals surface area contributed by atoms with Crippen LogP contribution in [0.5, 0.6) is 5.75 Å². The zero-order valence-electron chi connectivity index (χ0n) is 13.9. The molecule has 0 aliphatic rings. The van der Waals surface area contributed by atoms with Gasteiger partial charge in [-0.15, -0.1) is 0 Å². The molecular weight excluding hydrogens is 266 g/mol. The van der Waals surface area contributed by atoms with Gasteiger partial charge in [-0.3, -0.25) is 9.69 Å². The second-order valence-corrected chi connectivity index (χ2v) is 6.47. The summed E-state index contributed by atoms with van der Waals surface area (Å²) in [5, 5.41) is 2.85. The number of anilines is 2. The van der Waals surface area contributed by atoms with Crippen molar-refractivity contribution in [3.8, 4) is 5.75 Å². The Labute approximate surface area is 127 Å². The maximum atomic E-state index is 12.2. The van der Waals surface area contributed by atoms with Crippen LogP contribution in [0.3, 0.4) is 0 Å². The molecule has 0 spiro atoms. The van der Waals surface area contributed by atoms with E-state index in [0.717, 1.165) is 0 Å². The lowest BCUT2D eigenvalue weighted by atomic mass is 9.87. The normalized spacial score (nSPS) is 13.1. The molecule has 0 saturated heterocycles. The molecule has 0 heterocycles. The molecule has 0 radical (unpaired) electrons. The molecule has 0 bridgehead atoms. The summed E-state index contributed by atoms with van der Waals surface area (Å²) >= 11 is 0. The predicted octanol–water partition coefficient (Wildman–Crippen LogP) is 2.58. The number of nitrogen functional groups attached to an aromatic ring is 1. The molecule has 1 rings (SSSR count). The van der Waals surface area contributed by atoms with E-state index in [1.165, 1.54) is 0 Å². The maximum Gasteiger partial charge on any atom is 0.238 e. The summed E-state index contributed by atoms with van der Waals surface area (Å²) in [5.74, 6) is 0.515. The van der Waals surface area contributed by atoms with Crippen molar-refractivity contribution < 1.29 is 9.53 Å². The van der Waals surface area contributed by atoms with E-state index in [2.05, 4.69) is 33.0 Å². The Morgan fingerprint density at radius 1 is 1.43 bits per heavy atom. The standard InChI is InChI=1S/C16H27N3O2/c1-11(16(2,3)4)19(5)10-15(20)18-13-9-12(17)7-8-14(13)21-6/h7-9,11H,10,17H2,1-6H3,(H,18,20). The van der Waals surface area contributed by atoms with Crippen molar-refractivity contribution in [3.05, 3.63) is 18.2 Å². The van der Waals surface area contributed by atoms with Gasteiger partial charge < -0.3 is 15.8 Å². The van der Waals surface area contributed by atoms with Crippen LogP contribution in [-0.2, 0) is 4.79 Å². The van der Waals surface area contributed by atoms with Gasteiger partial charge in [-0.2, -0.15) is 0 Å². The number of nitrogens with one attached hydrogen (secondary N) is 1. The number of carbonyl (C=O) groups is 1. The van der Waals surface area contributed by atoms with Crippen LogP contribution in [0.25, 0.3) is 0 Å². The Balaban J connectivity index is 2.72. The van der Waals surface area contributed by atoms with Crippen molar-refractivity contribution in [2.24, 2.45) is 5.41 Å². The Kier molecular flexibility index (Phi) is 5.61. The second-order valence-electron chi connectivity index (χ2n) is 6.47. The first-order chi connectivity index (χ1) is 9.65. The van der Waals surface area contributed by atoms with Crippen molar-refractivity contribution in [1.29, 1.82) is 0 Å². The van der Waals surface area contributed by atoms with Gasteiger partial charge in [0.15, 0.2) is 0 Å². The number of hydrogen-bond acceptors (Lipinski definition) is 4. The Morgan fingerprint density at radius 2 is 2.05 bits per heavy atom. The lowest BCUT2D eigenvalue weighted by Gasteiger charge is -2.34. The summed E-state index contributed by atoms with van der Waals surface area (Å²) in [6.07, 6.45) is 0. The largest absolute Gasteiger partial charge is 0.495 e. The smallest absolute Gasteiger partial charge is 0.238 e. The summed E-state index contributed by atoms with van der Waals surface area (Å²) in [7, 11) is 3.51. The molecule has 5 heteroatoms. The fourth-order valence-electron chi connectivity index (χ4n) is 2.04. The first-order valence-corrected chi connectivity index (χ1v) is 7.08. The fourth-order valence-corrected chi connectivity index (χ4v) is 2.04. The predicted molar refractivity (Wildman–Crippen MR) is 87.6 cm³/mol. The van der Waals surface area contributed by atoms with Crippen LogP contribution in [0.15, 0.2) is 18.2 Å². The van der Waals surface area contributed by atoms with Gasteiger partial charge in [0.05, 0.1) is 19.3 Å². The number of rotatable bonds is 5. The van der Waals surface area contributed by atoms with E-state index < -0.39 is 0 Å². The first-order valence-electron chi connectivity index (χ1n) is 7.08. The van der Waals surface area contributed by atoms with Crippen molar-refractivity contribution in [2.45, 2.75) is 33.7 Å². The SMILES string of the molecule is COc1ccc(N)cc1NC(=O)CN(C)C(C)C(C)(C)C. The van der Waals surface area contributed by atoms with Gasteiger partial charge in [0.1, 0.15) is 5.75 Å². The molecule has 0 aliphatic carbocycles. The number of benzene rings is 1. The van der Waals surface area contributed by atoms with Gasteiger partial charge in [-0.1, -0.05) is 20.8 Å². The summed E-state index contributed by atoms with van der Waals surface area (Å²) < 4.78 is 5.22. The highest BCUT2D eigenvalue weighted by atomic mass is 16.5. The molecule has 21 heavy (non-hydrogen) atoms. The molecule has 1 atom stereocenters. The van der Waals surface area contributed by atoms with E-state index in [0.29, 0.717) is 23.7 Å². The number of hydrogen-bond donors (Lipinski definition) is 2. The van der Waals surface area contributed by atoms with E-state index in [4.69, 9.17) is 10.5 Å². The first kappa shape index (κ1) is 17.3. The summed E-state index contributed by atoms with van der Waals surface area (Å²) in [5.41, 5.74) is 7.04. The minimum atomic E-state index is -0.0856. The Bertz CT molecular complexity index is 495. The van der Waals surface area contributed by atoms with Crippen molar-refractivity contribution in [1.82, 2.24) is 4.90 Å². The number of nitrogens with zero attached hydrogens (tertiary/aromatic N) is 1. The molecule has 1 amide bonds. The van der Waals surface area contributed by atoms with Gasteiger partial charge in [0.2, 0.25) is 5.91 Å². The van der Waals surface area contributed by atoms with Crippen molar-refractivity contribution in [2.75, 3.05) is 31.8 Å². The third kappa shape index (κ3) is 4.93. The minimum absolute atomic E-state index is 0.0856. The number of amides is 1. The van der Waals surface area contributed by atoms with Gasteiger partial charge in [0, 0.05) is 11.7 Å². The number of carbonyl (C=O) groups excluding carboxylic acids is 1. The quantitative estimate of drug-likeness (QED) is 0.819. The van der Waals surface area contributed by atoms with Crippen LogP contribution in [0.1, 0.15) is 27.7 Å². The molecule has 5 nitrogen and oxygen atoms in total. The molecule has 0 fully saturated rings. The van der Waals surface area contributed by atoms with Gasteiger partial charge in [-0.05, 0) is 37.6 Å². The molecule has 1 aromatic rings. The molecule has 0 saturated carbocycles. The molecule has 0 aromatic heterocycles. The molecule has 1 unspecified atom stereocenters. The zero-order chi connectivity index (χ0) is 16.2. The van der Waals surface area contributed by atoms with Crippen LogP contribution in [0, 0.1) is 5.41 Å². The Hall–Kier alpha value is -1.75. The zero-order valence-corrected chi connectivity index (χ0v) is 13.9. The number of likely N-dealkylation sites (N-methyl/N-ethyl adjacent to an activating group) is 1. The van der Waals surface area contributed by atoms with E-state index in [1.54, 1.807) is 25.3 Å². The highest BCUT2D eigenvalue weighted by Gasteiger charge is 2.25. The third-order valence-electron chi connectivity index (χ3n) is 3.81. The maximum absolute atomic E-state index is 12.2. The topological polar surface area (TPSA) is 67.6 Å². The average molecular weight is 293 g/mol. The van der Waals surface area contributed by atoms with Crippen molar-refractivity contribution in [3.63, 3.8) is 0 Å². The number of methoxy groups -OCH3 is 1. The van der Waals surface area contributed by atoms with E-state index in [-0.39, 0.29) is 17.4 Å². The van der Waals surface area contributed by atoms with Gasteiger partial charge >= 0.3 is 0 Å². The van der Waals surface area contributed by atoms with Crippen molar-refractivity contribution >= 4 is 17.3 Å². The molecule has 0 aliphatic heterocycles. The highest BCUT2D eigenvalue weighted by Crippen LogP contribution is 2.27. The van der Waals surface area contributed by atoms with E-state index in [1.807, 2.05) is 11.9 Å². The lowest BCUT2D eigenvalue weighted by molar-refractivity contribution is -0.117. The second kappa shape index (κ2) is 6.80. The van der Waals surface area contributed by atoms with E-state index >= 15 is 0 Å². The lowest BCUT2D eigenvalue weighted by Crippen LogP contribution is -2.43. The van der Waals surface area contributed by atoms with Crippen LogP contribution < -0.4 is 15.8 Å². The number of ether oxygens (including phenoxy) is 1. The monoisotopic (exact) mass is 293 g/mol. The molecule has 1 aromatic carbocycles. The molecule has 118 valence electrons. The Morgan fingerprint density at radius 3 is 2.57 bits per heavy atom. The van der Waals surface area contributed by atoms with Crippen LogP contribution >= 0.6 is 0 Å². The number of nitrogens with two attached hydrogens (primary N) is 1. The molecular formula is C16H27N3O2. The van der Waals surface area contributed by atoms with Crippen LogP contribution in [0.2, 0.25) is 0 Å². The van der Waals surface area contributed by atoms with Crippen LogP contribution in [-0.4, -0.2) is 37.6 Å². The fraction of sp³-hybridized carbons (Fsp3) is 0.562. The average Bonchev–Trinajstić information content (AvgIpc) is 2.36. The highest BCUT2D eigenvalue weighted by molar-refractivity contribution is 5.94. The van der Waals surface area contributed by atoms with Crippen LogP contribution in [0.4, 0.5) is 11.4 Å².